The molecule has 0 radical (unpaired) electrons. The fourth-order valence-electron chi connectivity index (χ4n) is 3.91. The molecule has 1 unspecified atom stereocenters. The molecule has 1 atom stereocenters. The third-order valence-corrected chi connectivity index (χ3v) is 7.19. The van der Waals surface area contributed by atoms with Gasteiger partial charge in [0.15, 0.2) is 0 Å². The third kappa shape index (κ3) is 4.15. The molecule has 2 heterocycles. The van der Waals surface area contributed by atoms with Crippen molar-refractivity contribution in [3.05, 3.63) is 35.9 Å². The van der Waals surface area contributed by atoms with Crippen molar-refractivity contribution in [2.45, 2.75) is 44.1 Å². The zero-order chi connectivity index (χ0) is 17.0. The van der Waals surface area contributed by atoms with Crippen LogP contribution < -0.4 is 5.32 Å². The van der Waals surface area contributed by atoms with Crippen LogP contribution in [0, 0.1) is 11.3 Å². The molecule has 0 aliphatic carbocycles. The van der Waals surface area contributed by atoms with Crippen LogP contribution >= 0.6 is 11.8 Å². The summed E-state index contributed by atoms with van der Waals surface area (Å²) in [5.74, 6) is 1.64. The molecule has 132 valence electrons. The van der Waals surface area contributed by atoms with Crippen molar-refractivity contribution in [2.75, 3.05) is 26.2 Å². The average Bonchev–Trinajstić information content (AvgIpc) is 3.04. The summed E-state index contributed by atoms with van der Waals surface area (Å²) in [6.07, 6.45) is 3.62. The Bertz CT molecular complexity index is 530. The van der Waals surface area contributed by atoms with E-state index in [0.29, 0.717) is 17.2 Å². The van der Waals surface area contributed by atoms with E-state index in [1.807, 2.05) is 6.07 Å². The summed E-state index contributed by atoms with van der Waals surface area (Å²) in [7, 11) is 0. The van der Waals surface area contributed by atoms with E-state index in [1.165, 1.54) is 24.8 Å². The lowest BCUT2D eigenvalue weighted by atomic mass is 9.78. The molecule has 2 saturated heterocycles. The first-order chi connectivity index (χ1) is 11.6. The lowest BCUT2D eigenvalue weighted by molar-refractivity contribution is -0.133. The Morgan fingerprint density at radius 2 is 1.92 bits per heavy atom. The smallest absolute Gasteiger partial charge is 0.235 e. The average molecular weight is 347 g/mol. The summed E-state index contributed by atoms with van der Waals surface area (Å²) >= 11 is 1.80. The van der Waals surface area contributed by atoms with Crippen molar-refractivity contribution in [1.29, 1.82) is 0 Å². The molecule has 0 saturated carbocycles. The number of benzene rings is 1. The first-order valence-corrected chi connectivity index (χ1v) is 10.3. The van der Waals surface area contributed by atoms with Crippen LogP contribution in [-0.2, 0) is 10.5 Å². The minimum absolute atomic E-state index is 0.0703. The Labute approximate surface area is 150 Å². The van der Waals surface area contributed by atoms with Gasteiger partial charge in [-0.3, -0.25) is 4.79 Å². The van der Waals surface area contributed by atoms with E-state index in [2.05, 4.69) is 48.3 Å². The molecule has 24 heavy (non-hydrogen) atoms. The highest BCUT2D eigenvalue weighted by atomic mass is 32.2. The van der Waals surface area contributed by atoms with Gasteiger partial charge in [0.2, 0.25) is 5.91 Å². The second-order valence-electron chi connectivity index (χ2n) is 7.71. The largest absolute Gasteiger partial charge is 0.342 e. The van der Waals surface area contributed by atoms with Gasteiger partial charge in [-0.15, -0.1) is 11.8 Å². The number of nitrogens with one attached hydrogen (secondary N) is 1. The Morgan fingerprint density at radius 3 is 2.50 bits per heavy atom. The normalized spacial score (nSPS) is 21.4. The highest BCUT2D eigenvalue weighted by Crippen LogP contribution is 2.38. The number of carbonyl (C=O) groups excluding carboxylic acids is 1. The van der Waals surface area contributed by atoms with Crippen molar-refractivity contribution in [3.8, 4) is 0 Å². The van der Waals surface area contributed by atoms with E-state index in [4.69, 9.17) is 0 Å². The second kappa shape index (κ2) is 7.92. The van der Waals surface area contributed by atoms with E-state index in [0.717, 1.165) is 31.9 Å². The zero-order valence-electron chi connectivity index (χ0n) is 15.0. The Balaban J connectivity index is 1.56. The Hall–Kier alpha value is -1.00. The summed E-state index contributed by atoms with van der Waals surface area (Å²) < 4.78 is 0. The number of carbonyl (C=O) groups is 1. The Morgan fingerprint density at radius 1 is 1.21 bits per heavy atom. The lowest BCUT2D eigenvalue weighted by Crippen LogP contribution is -2.47. The molecule has 0 aromatic heterocycles. The number of likely N-dealkylation sites (tertiary alicyclic amines) is 1. The number of piperidine rings is 1. The predicted molar refractivity (Wildman–Crippen MR) is 102 cm³/mol. The number of nitrogens with zero attached hydrogens (tertiary/aromatic N) is 1. The van der Waals surface area contributed by atoms with Crippen LogP contribution in [0.25, 0.3) is 0 Å². The van der Waals surface area contributed by atoms with Crippen LogP contribution in [0.3, 0.4) is 0 Å². The van der Waals surface area contributed by atoms with Crippen molar-refractivity contribution in [3.63, 3.8) is 0 Å². The van der Waals surface area contributed by atoms with Crippen LogP contribution in [0.15, 0.2) is 30.3 Å². The van der Waals surface area contributed by atoms with Crippen molar-refractivity contribution < 1.29 is 4.79 Å². The molecule has 2 aliphatic rings. The van der Waals surface area contributed by atoms with Gasteiger partial charge in [-0.05, 0) is 42.7 Å². The molecule has 1 spiro atoms. The number of hydrogen-bond donors (Lipinski definition) is 1. The molecule has 1 N–H and O–H groups in total. The number of amides is 1. The second-order valence-corrected chi connectivity index (χ2v) is 8.84. The van der Waals surface area contributed by atoms with Crippen LogP contribution in [0.4, 0.5) is 0 Å². The monoisotopic (exact) mass is 346 g/mol. The molecule has 0 bridgehead atoms. The molecule has 4 heteroatoms. The summed E-state index contributed by atoms with van der Waals surface area (Å²) in [5, 5.41) is 3.57. The predicted octanol–water partition coefficient (Wildman–Crippen LogP) is 3.55. The lowest BCUT2D eigenvalue weighted by Gasteiger charge is -2.40. The molecule has 1 aromatic carbocycles. The van der Waals surface area contributed by atoms with Crippen LogP contribution in [0.2, 0.25) is 0 Å². The Kier molecular flexibility index (Phi) is 5.88. The van der Waals surface area contributed by atoms with Gasteiger partial charge in [-0.25, -0.2) is 0 Å². The summed E-state index contributed by atoms with van der Waals surface area (Å²) in [4.78, 5) is 15.2. The fraction of sp³-hybridized carbons (Fsp3) is 0.650. The maximum absolute atomic E-state index is 13.1. The van der Waals surface area contributed by atoms with Crippen molar-refractivity contribution in [2.24, 2.45) is 11.3 Å². The first-order valence-electron chi connectivity index (χ1n) is 9.25. The quantitative estimate of drug-likeness (QED) is 0.885. The van der Waals surface area contributed by atoms with Crippen LogP contribution in [0.5, 0.6) is 0 Å². The fourth-order valence-corrected chi connectivity index (χ4v) is 5.15. The van der Waals surface area contributed by atoms with E-state index in [9.17, 15) is 4.79 Å². The minimum atomic E-state index is 0.0703. The van der Waals surface area contributed by atoms with Gasteiger partial charge in [-0.1, -0.05) is 44.2 Å². The van der Waals surface area contributed by atoms with Gasteiger partial charge in [0, 0.05) is 25.4 Å². The summed E-state index contributed by atoms with van der Waals surface area (Å²) in [6, 6.07) is 10.5. The maximum Gasteiger partial charge on any atom is 0.235 e. The van der Waals surface area contributed by atoms with Crippen molar-refractivity contribution >= 4 is 17.7 Å². The van der Waals surface area contributed by atoms with Gasteiger partial charge in [0.05, 0.1) is 5.25 Å². The topological polar surface area (TPSA) is 32.3 Å². The molecule has 3 rings (SSSR count). The zero-order valence-corrected chi connectivity index (χ0v) is 15.8. The third-order valence-electron chi connectivity index (χ3n) is 5.59. The highest BCUT2D eigenvalue weighted by Gasteiger charge is 2.39. The van der Waals surface area contributed by atoms with E-state index < -0.39 is 0 Å². The van der Waals surface area contributed by atoms with Crippen LogP contribution in [-0.4, -0.2) is 42.2 Å². The number of thioether (sulfide) groups is 1. The van der Waals surface area contributed by atoms with Gasteiger partial charge >= 0.3 is 0 Å². The SMILES string of the molecule is CC(C)C(SCc1ccccc1)C(=O)N1CCC2(CCNC2)CC1. The molecule has 3 nitrogen and oxygen atoms in total. The number of hydrogen-bond acceptors (Lipinski definition) is 3. The number of rotatable bonds is 5. The van der Waals surface area contributed by atoms with Gasteiger partial charge < -0.3 is 10.2 Å². The minimum Gasteiger partial charge on any atom is -0.342 e. The van der Waals surface area contributed by atoms with Gasteiger partial charge in [0.1, 0.15) is 0 Å². The van der Waals surface area contributed by atoms with Gasteiger partial charge in [-0.2, -0.15) is 0 Å². The first kappa shape index (κ1) is 17.8. The van der Waals surface area contributed by atoms with Gasteiger partial charge in [0.25, 0.3) is 0 Å². The molecule has 1 amide bonds. The molecular formula is C20H30N2OS. The maximum atomic E-state index is 13.1. The standard InChI is InChI=1S/C20H30N2OS/c1-16(2)18(24-14-17-6-4-3-5-7-17)19(23)22-12-9-20(10-13-22)8-11-21-15-20/h3-7,16,18,21H,8-15H2,1-2H3. The van der Waals surface area contributed by atoms with E-state index >= 15 is 0 Å². The summed E-state index contributed by atoms with van der Waals surface area (Å²) in [6.45, 7) is 8.52. The van der Waals surface area contributed by atoms with Crippen molar-refractivity contribution in [1.82, 2.24) is 10.2 Å². The van der Waals surface area contributed by atoms with E-state index in [1.54, 1.807) is 11.8 Å². The highest BCUT2D eigenvalue weighted by molar-refractivity contribution is 7.99. The van der Waals surface area contributed by atoms with E-state index in [-0.39, 0.29) is 5.25 Å². The summed E-state index contributed by atoms with van der Waals surface area (Å²) in [5.41, 5.74) is 1.77. The molecular weight excluding hydrogens is 316 g/mol. The molecule has 2 fully saturated rings. The molecule has 1 aromatic rings. The molecule has 2 aliphatic heterocycles. The van der Waals surface area contributed by atoms with Crippen LogP contribution in [0.1, 0.15) is 38.7 Å².